The summed E-state index contributed by atoms with van der Waals surface area (Å²) in [6.07, 6.45) is 7.00. The Hall–Kier alpha value is -3.83. The molecule has 1 aromatic carbocycles. The number of aromatic nitrogens is 4. The highest BCUT2D eigenvalue weighted by atomic mass is 32.2. The van der Waals surface area contributed by atoms with Gasteiger partial charge in [0, 0.05) is 58.0 Å². The molecule has 182 valence electrons. The predicted octanol–water partition coefficient (Wildman–Crippen LogP) is 5.74. The van der Waals surface area contributed by atoms with Gasteiger partial charge in [-0.25, -0.2) is 23.0 Å². The molecule has 0 saturated carbocycles. The molecule has 0 aliphatic carbocycles. The Morgan fingerprint density at radius 2 is 2.06 bits per heavy atom. The monoisotopic (exact) mass is 523 g/mol. The van der Waals surface area contributed by atoms with Crippen LogP contribution in [0.25, 0.3) is 32.9 Å². The van der Waals surface area contributed by atoms with Crippen LogP contribution in [0.1, 0.15) is 29.3 Å². The molecule has 5 rings (SSSR count). The zero-order chi connectivity index (χ0) is 25.2. The van der Waals surface area contributed by atoms with Gasteiger partial charge in [-0.1, -0.05) is 6.92 Å². The van der Waals surface area contributed by atoms with Crippen LogP contribution in [-0.2, 0) is 11.0 Å². The number of ketones is 1. The van der Waals surface area contributed by atoms with Crippen molar-refractivity contribution in [2.24, 2.45) is 0 Å². The first kappa shape index (κ1) is 23.9. The van der Waals surface area contributed by atoms with Crippen LogP contribution < -0.4 is 4.72 Å². The number of carbonyl (C=O) groups is 1. The molecule has 0 radical (unpaired) electrons. The van der Waals surface area contributed by atoms with Gasteiger partial charge in [0.15, 0.2) is 5.82 Å². The van der Waals surface area contributed by atoms with E-state index < -0.39 is 34.0 Å². The first-order chi connectivity index (χ1) is 17.5. The van der Waals surface area contributed by atoms with Crippen molar-refractivity contribution in [3.63, 3.8) is 0 Å². The Balaban J connectivity index is 1.52. The molecule has 1 atom stereocenters. The number of benzene rings is 1. The van der Waals surface area contributed by atoms with Crippen LogP contribution in [0.15, 0.2) is 60.5 Å². The van der Waals surface area contributed by atoms with Gasteiger partial charge in [-0.05, 0) is 36.8 Å². The molecule has 2 N–H and O–H groups in total. The molecule has 0 fully saturated rings. The van der Waals surface area contributed by atoms with E-state index in [-0.39, 0.29) is 17.0 Å². The van der Waals surface area contributed by atoms with Crippen LogP contribution in [0.4, 0.5) is 14.5 Å². The van der Waals surface area contributed by atoms with E-state index in [4.69, 9.17) is 0 Å². The molecule has 11 heteroatoms. The third-order valence-electron chi connectivity index (χ3n) is 5.42. The van der Waals surface area contributed by atoms with Crippen molar-refractivity contribution in [2.75, 3.05) is 10.5 Å². The summed E-state index contributed by atoms with van der Waals surface area (Å²) in [5, 5.41) is 3.04. The molecule has 0 aliphatic rings. The van der Waals surface area contributed by atoms with Crippen LogP contribution >= 0.6 is 11.3 Å². The molecule has 0 amide bonds. The molecular weight excluding hydrogens is 504 g/mol. The predicted molar refractivity (Wildman–Crippen MR) is 137 cm³/mol. The molecule has 0 spiro atoms. The number of thiazole rings is 1. The number of pyridine rings is 2. The van der Waals surface area contributed by atoms with Crippen molar-refractivity contribution < 1.29 is 17.8 Å². The summed E-state index contributed by atoms with van der Waals surface area (Å²) in [6, 6.07) is 7.56. The van der Waals surface area contributed by atoms with Crippen LogP contribution in [-0.4, -0.2) is 35.7 Å². The second-order valence-electron chi connectivity index (χ2n) is 7.87. The summed E-state index contributed by atoms with van der Waals surface area (Å²) >= 11 is 1.44. The number of nitrogens with one attached hydrogen (secondary N) is 2. The summed E-state index contributed by atoms with van der Waals surface area (Å²) < 4.78 is 44.4. The lowest BCUT2D eigenvalue weighted by Crippen LogP contribution is -2.13. The second kappa shape index (κ2) is 10.0. The lowest BCUT2D eigenvalue weighted by atomic mass is 10.0. The summed E-state index contributed by atoms with van der Waals surface area (Å²) in [4.78, 5) is 29.3. The van der Waals surface area contributed by atoms with Gasteiger partial charge in [-0.3, -0.25) is 9.78 Å². The molecule has 0 aliphatic heterocycles. The van der Waals surface area contributed by atoms with E-state index in [9.17, 15) is 13.4 Å². The largest absolute Gasteiger partial charge is 0.345 e. The van der Waals surface area contributed by atoms with E-state index in [1.165, 1.54) is 17.5 Å². The molecule has 0 bridgehead atoms. The molecule has 0 saturated heterocycles. The third kappa shape index (κ3) is 4.54. The van der Waals surface area contributed by atoms with Crippen molar-refractivity contribution in [3.05, 3.63) is 83.3 Å². The number of nitrogens with zero attached hydrogens (tertiary/aromatic N) is 3. The van der Waals surface area contributed by atoms with E-state index >= 15 is 4.39 Å². The highest BCUT2D eigenvalue weighted by Gasteiger charge is 2.25. The van der Waals surface area contributed by atoms with Crippen molar-refractivity contribution in [3.8, 4) is 21.8 Å². The lowest BCUT2D eigenvalue weighted by molar-refractivity contribution is 0.103. The maximum atomic E-state index is 15.2. The number of carbonyl (C=O) groups excluding carboxylic acids is 1. The third-order valence-corrected chi connectivity index (χ3v) is 7.53. The SMILES string of the molecule is CCCS(=O)Nc1ccc(F)c(C(=O)c2c[nH]c3ncc(-c4csc(-c5cccnc5)n4)cc23)c1F. The summed E-state index contributed by atoms with van der Waals surface area (Å²) in [7, 11) is -1.55. The van der Waals surface area contributed by atoms with Crippen LogP contribution in [0.2, 0.25) is 0 Å². The fourth-order valence-electron chi connectivity index (χ4n) is 3.69. The van der Waals surface area contributed by atoms with Gasteiger partial charge >= 0.3 is 0 Å². The smallest absolute Gasteiger partial charge is 0.201 e. The van der Waals surface area contributed by atoms with E-state index in [1.54, 1.807) is 24.7 Å². The Morgan fingerprint density at radius 1 is 1.19 bits per heavy atom. The Morgan fingerprint density at radius 3 is 2.83 bits per heavy atom. The number of rotatable bonds is 8. The average molecular weight is 524 g/mol. The van der Waals surface area contributed by atoms with E-state index in [2.05, 4.69) is 24.7 Å². The summed E-state index contributed by atoms with van der Waals surface area (Å²) in [5.74, 6) is -2.67. The number of hydrogen-bond acceptors (Lipinski definition) is 6. The standard InChI is InChI=1S/C25H19F2N5O2S2/c1-2-8-36(34)32-19-6-5-18(26)21(22(19)27)23(33)17-12-30-24-16(17)9-15(11-29-24)20-13-35-25(31-20)14-4-3-7-28-10-14/h3-7,9-13,32H,2,8H2,1H3,(H,29,30). The van der Waals surface area contributed by atoms with Gasteiger partial charge < -0.3 is 9.71 Å². The minimum Gasteiger partial charge on any atom is -0.345 e. The minimum atomic E-state index is -1.55. The number of aromatic amines is 1. The minimum absolute atomic E-state index is 0.0618. The molecule has 36 heavy (non-hydrogen) atoms. The van der Waals surface area contributed by atoms with E-state index in [1.807, 2.05) is 24.4 Å². The molecule has 4 heterocycles. The number of hydrogen-bond donors (Lipinski definition) is 2. The van der Waals surface area contributed by atoms with Crippen molar-refractivity contribution >= 4 is 44.8 Å². The zero-order valence-corrected chi connectivity index (χ0v) is 20.6. The maximum absolute atomic E-state index is 15.2. The molecule has 4 aromatic heterocycles. The normalized spacial score (nSPS) is 12.1. The van der Waals surface area contributed by atoms with Crippen LogP contribution in [0, 0.1) is 11.6 Å². The fraction of sp³-hybridized carbons (Fsp3) is 0.120. The highest BCUT2D eigenvalue weighted by molar-refractivity contribution is 7.86. The number of fused-ring (bicyclic) bond motifs is 1. The van der Waals surface area contributed by atoms with Gasteiger partial charge in [0.05, 0.1) is 16.9 Å². The second-order valence-corrected chi connectivity index (χ2v) is 10.0. The number of H-pyrrole nitrogens is 1. The molecular formula is C25H19F2N5O2S2. The van der Waals surface area contributed by atoms with Gasteiger partial charge in [-0.15, -0.1) is 11.3 Å². The van der Waals surface area contributed by atoms with E-state index in [0.717, 1.165) is 22.7 Å². The van der Waals surface area contributed by atoms with E-state index in [0.29, 0.717) is 28.7 Å². The number of halogens is 2. The van der Waals surface area contributed by atoms with Gasteiger partial charge in [0.25, 0.3) is 0 Å². The number of anilines is 1. The molecule has 7 nitrogen and oxygen atoms in total. The van der Waals surface area contributed by atoms with Gasteiger partial charge in [0.1, 0.15) is 27.5 Å². The highest BCUT2D eigenvalue weighted by Crippen LogP contribution is 2.32. The van der Waals surface area contributed by atoms with Crippen LogP contribution in [0.5, 0.6) is 0 Å². The topological polar surface area (TPSA) is 101 Å². The average Bonchev–Trinajstić information content (AvgIpc) is 3.54. The molecule has 5 aromatic rings. The maximum Gasteiger partial charge on any atom is 0.201 e. The quantitative estimate of drug-likeness (QED) is 0.253. The zero-order valence-electron chi connectivity index (χ0n) is 18.9. The van der Waals surface area contributed by atoms with Crippen molar-refractivity contribution in [1.29, 1.82) is 0 Å². The first-order valence-corrected chi connectivity index (χ1v) is 13.2. The summed E-state index contributed by atoms with van der Waals surface area (Å²) in [6.45, 7) is 1.83. The van der Waals surface area contributed by atoms with Gasteiger partial charge in [0.2, 0.25) is 5.78 Å². The van der Waals surface area contributed by atoms with Crippen molar-refractivity contribution in [2.45, 2.75) is 13.3 Å². The lowest BCUT2D eigenvalue weighted by Gasteiger charge is -2.10. The Labute approximate surface area is 211 Å². The summed E-state index contributed by atoms with van der Waals surface area (Å²) in [5.41, 5.74) is 1.70. The Kier molecular flexibility index (Phi) is 6.66. The van der Waals surface area contributed by atoms with Crippen LogP contribution in [0.3, 0.4) is 0 Å². The Bertz CT molecular complexity index is 1600. The van der Waals surface area contributed by atoms with Crippen molar-refractivity contribution in [1.82, 2.24) is 19.9 Å². The first-order valence-electron chi connectivity index (χ1n) is 11.0. The van der Waals surface area contributed by atoms with Gasteiger partial charge in [-0.2, -0.15) is 0 Å². The fourth-order valence-corrected chi connectivity index (χ4v) is 5.39. The molecule has 1 unspecified atom stereocenters.